The first-order valence-electron chi connectivity index (χ1n) is 4.98. The molecule has 1 heterocycles. The van der Waals surface area contributed by atoms with Crippen molar-refractivity contribution >= 4 is 29.5 Å². The second-order valence-corrected chi connectivity index (χ2v) is 3.54. The number of hydrogen-bond donors (Lipinski definition) is 3. The molecule has 0 aromatic rings. The van der Waals surface area contributed by atoms with E-state index in [1.165, 1.54) is 0 Å². The number of carbonyl (C=O) groups is 4. The van der Waals surface area contributed by atoms with Gasteiger partial charge in [0.2, 0.25) is 5.91 Å². The Balaban J connectivity index is 2.78. The van der Waals surface area contributed by atoms with Crippen molar-refractivity contribution in [1.29, 1.82) is 0 Å². The molecule has 1 rings (SSSR count). The van der Waals surface area contributed by atoms with Gasteiger partial charge in [-0.1, -0.05) is 0 Å². The molecule has 18 heavy (non-hydrogen) atoms. The summed E-state index contributed by atoms with van der Waals surface area (Å²) in [4.78, 5) is 44.3. The largest absolute Gasteiger partial charge is 0.480 e. The lowest BCUT2D eigenvalue weighted by molar-refractivity contribution is -0.147. The average molecular weight is 257 g/mol. The maximum Gasteiger partial charge on any atom is 0.323 e. The van der Waals surface area contributed by atoms with Crippen LogP contribution in [0.15, 0.2) is 5.10 Å². The van der Waals surface area contributed by atoms with Gasteiger partial charge in [0, 0.05) is 12.8 Å². The van der Waals surface area contributed by atoms with Crippen LogP contribution in [-0.4, -0.2) is 57.7 Å². The lowest BCUT2D eigenvalue weighted by Gasteiger charge is -2.20. The van der Waals surface area contributed by atoms with Crippen molar-refractivity contribution in [2.75, 3.05) is 13.1 Å². The van der Waals surface area contributed by atoms with E-state index in [2.05, 4.69) is 10.5 Å². The molecular weight excluding hydrogens is 246 g/mol. The summed E-state index contributed by atoms with van der Waals surface area (Å²) < 4.78 is 0. The first-order chi connectivity index (χ1) is 8.40. The zero-order valence-electron chi connectivity index (χ0n) is 9.25. The monoisotopic (exact) mass is 257 g/mol. The van der Waals surface area contributed by atoms with Gasteiger partial charge >= 0.3 is 11.9 Å². The highest BCUT2D eigenvalue weighted by molar-refractivity contribution is 6.39. The van der Waals surface area contributed by atoms with Gasteiger partial charge in [-0.25, -0.2) is 5.43 Å². The van der Waals surface area contributed by atoms with E-state index in [-0.39, 0.29) is 24.5 Å². The van der Waals surface area contributed by atoms with Gasteiger partial charge in [0.15, 0.2) is 0 Å². The normalized spacial score (nSPS) is 14.4. The van der Waals surface area contributed by atoms with Gasteiger partial charge in [-0.2, -0.15) is 5.10 Å². The summed E-state index contributed by atoms with van der Waals surface area (Å²) in [5, 5.41) is 20.7. The van der Waals surface area contributed by atoms with Crippen molar-refractivity contribution in [2.24, 2.45) is 5.10 Å². The number of carboxylic acids is 2. The summed E-state index contributed by atoms with van der Waals surface area (Å²) in [5.74, 6) is -3.82. The number of aliphatic carboxylic acids is 2. The minimum absolute atomic E-state index is 0.0541. The fourth-order valence-electron chi connectivity index (χ4n) is 1.34. The van der Waals surface area contributed by atoms with E-state index < -0.39 is 30.9 Å². The van der Waals surface area contributed by atoms with Gasteiger partial charge in [-0.15, -0.1) is 0 Å². The van der Waals surface area contributed by atoms with Crippen molar-refractivity contribution in [3.63, 3.8) is 0 Å². The van der Waals surface area contributed by atoms with Gasteiger partial charge in [-0.3, -0.25) is 19.2 Å². The van der Waals surface area contributed by atoms with Crippen LogP contribution in [0.5, 0.6) is 0 Å². The minimum atomic E-state index is -1.33. The van der Waals surface area contributed by atoms with Crippen LogP contribution in [0, 0.1) is 0 Å². The average Bonchev–Trinajstić information content (AvgIpc) is 2.27. The summed E-state index contributed by atoms with van der Waals surface area (Å²) in [5.41, 5.74) is 2.02. The molecule has 0 aliphatic carbocycles. The zero-order valence-corrected chi connectivity index (χ0v) is 9.25. The second kappa shape index (κ2) is 5.75. The Morgan fingerprint density at radius 2 is 1.72 bits per heavy atom. The van der Waals surface area contributed by atoms with Crippen LogP contribution >= 0.6 is 0 Å². The van der Waals surface area contributed by atoms with Gasteiger partial charge in [0.05, 0.1) is 0 Å². The van der Waals surface area contributed by atoms with Gasteiger partial charge in [-0.05, 0) is 0 Å². The predicted molar refractivity (Wildman–Crippen MR) is 56.7 cm³/mol. The van der Waals surface area contributed by atoms with Crippen LogP contribution in [0.25, 0.3) is 0 Å². The molecule has 0 aromatic carbocycles. The maximum atomic E-state index is 11.8. The van der Waals surface area contributed by atoms with E-state index >= 15 is 0 Å². The highest BCUT2D eigenvalue weighted by Crippen LogP contribution is 2.03. The predicted octanol–water partition coefficient (Wildman–Crippen LogP) is -1.75. The van der Waals surface area contributed by atoms with Crippen LogP contribution in [0.3, 0.4) is 0 Å². The fraction of sp³-hybridized carbons (Fsp3) is 0.444. The van der Waals surface area contributed by atoms with E-state index in [0.717, 1.165) is 0 Å². The van der Waals surface area contributed by atoms with Crippen LogP contribution < -0.4 is 5.43 Å². The lowest BCUT2D eigenvalue weighted by atomic mass is 10.1. The molecule has 0 saturated heterocycles. The van der Waals surface area contributed by atoms with Gasteiger partial charge < -0.3 is 15.1 Å². The number of nitrogens with one attached hydrogen (secondary N) is 1. The molecule has 98 valence electrons. The molecule has 0 atom stereocenters. The summed E-state index contributed by atoms with van der Waals surface area (Å²) in [6, 6.07) is 0. The Morgan fingerprint density at radius 3 is 2.11 bits per heavy atom. The highest BCUT2D eigenvalue weighted by atomic mass is 16.4. The standard InChI is InChI=1S/C9H11N3O6/c13-6-2-1-5(10-11-6)9(18)12(3-7(14)15)4-8(16)17/h1-4H2,(H,11,13)(H,14,15)(H,16,17). The van der Waals surface area contributed by atoms with Crippen molar-refractivity contribution in [3.8, 4) is 0 Å². The maximum absolute atomic E-state index is 11.8. The van der Waals surface area contributed by atoms with E-state index in [0.29, 0.717) is 4.90 Å². The SMILES string of the molecule is O=C(O)CN(CC(=O)O)C(=O)C1=NNC(=O)CC1. The number of hydrogen-bond acceptors (Lipinski definition) is 5. The lowest BCUT2D eigenvalue weighted by Crippen LogP contribution is -2.44. The Bertz CT molecular complexity index is 414. The van der Waals surface area contributed by atoms with Gasteiger partial charge in [0.25, 0.3) is 5.91 Å². The molecular formula is C9H11N3O6. The third kappa shape index (κ3) is 3.85. The molecule has 0 spiro atoms. The number of amides is 2. The first-order valence-corrected chi connectivity index (χ1v) is 4.98. The van der Waals surface area contributed by atoms with Crippen LogP contribution in [0.4, 0.5) is 0 Å². The molecule has 0 aromatic heterocycles. The fourth-order valence-corrected chi connectivity index (χ4v) is 1.34. The summed E-state index contributed by atoms with van der Waals surface area (Å²) in [6.45, 7) is -1.48. The van der Waals surface area contributed by atoms with E-state index in [1.54, 1.807) is 0 Å². The van der Waals surface area contributed by atoms with Crippen LogP contribution in [-0.2, 0) is 19.2 Å². The quantitative estimate of drug-likeness (QED) is 0.534. The van der Waals surface area contributed by atoms with Crippen molar-refractivity contribution in [1.82, 2.24) is 10.3 Å². The summed E-state index contributed by atoms with van der Waals surface area (Å²) in [6.07, 6.45) is 0.110. The topological polar surface area (TPSA) is 136 Å². The molecule has 9 heteroatoms. The molecule has 3 N–H and O–H groups in total. The number of nitrogens with zero attached hydrogens (tertiary/aromatic N) is 2. The molecule has 0 saturated carbocycles. The third-order valence-corrected chi connectivity index (χ3v) is 2.09. The molecule has 1 aliphatic rings. The number of carboxylic acid groups (broad SMARTS) is 2. The zero-order chi connectivity index (χ0) is 13.7. The number of carbonyl (C=O) groups excluding carboxylic acids is 2. The van der Waals surface area contributed by atoms with E-state index in [9.17, 15) is 19.2 Å². The Kier molecular flexibility index (Phi) is 4.35. The molecule has 0 radical (unpaired) electrons. The second-order valence-electron chi connectivity index (χ2n) is 3.54. The van der Waals surface area contributed by atoms with Crippen LogP contribution in [0.1, 0.15) is 12.8 Å². The number of rotatable bonds is 5. The Labute approximate surface area is 101 Å². The summed E-state index contributed by atoms with van der Waals surface area (Å²) >= 11 is 0. The Morgan fingerprint density at radius 1 is 1.17 bits per heavy atom. The van der Waals surface area contributed by atoms with E-state index in [4.69, 9.17) is 10.2 Å². The molecule has 1 aliphatic heterocycles. The van der Waals surface area contributed by atoms with Crippen molar-refractivity contribution in [3.05, 3.63) is 0 Å². The van der Waals surface area contributed by atoms with E-state index in [1.807, 2.05) is 0 Å². The number of hydrazone groups is 1. The highest BCUT2D eigenvalue weighted by Gasteiger charge is 2.26. The van der Waals surface area contributed by atoms with Gasteiger partial charge in [0.1, 0.15) is 18.8 Å². The van der Waals surface area contributed by atoms with Crippen molar-refractivity contribution < 1.29 is 29.4 Å². The molecule has 2 amide bonds. The smallest absolute Gasteiger partial charge is 0.323 e. The summed E-state index contributed by atoms with van der Waals surface area (Å²) in [7, 11) is 0. The molecule has 0 unspecified atom stereocenters. The first kappa shape index (κ1) is 13.6. The van der Waals surface area contributed by atoms with Crippen LogP contribution in [0.2, 0.25) is 0 Å². The minimum Gasteiger partial charge on any atom is -0.480 e. The molecule has 0 bridgehead atoms. The molecule has 9 nitrogen and oxygen atoms in total. The third-order valence-electron chi connectivity index (χ3n) is 2.09. The molecule has 0 fully saturated rings. The Hall–Kier alpha value is -2.45. The van der Waals surface area contributed by atoms with Crippen molar-refractivity contribution in [2.45, 2.75) is 12.8 Å².